The van der Waals surface area contributed by atoms with Gasteiger partial charge in [0.1, 0.15) is 0 Å². The Balaban J connectivity index is 2.21. The standard InChI is InChI=1S/C10H10F3NO2S/c11-10(12,13)7-3-9(17-5-7)8-4-16-2-1-14(8)6-15/h3,5-6,8H,1-2,4H2/t8-/m1/s1. The molecule has 0 N–H and O–H groups in total. The van der Waals surface area contributed by atoms with Gasteiger partial charge in [0, 0.05) is 16.8 Å². The van der Waals surface area contributed by atoms with Crippen LogP contribution in [0.25, 0.3) is 0 Å². The normalized spacial score (nSPS) is 21.6. The van der Waals surface area contributed by atoms with Gasteiger partial charge in [-0.2, -0.15) is 13.2 Å². The summed E-state index contributed by atoms with van der Waals surface area (Å²) < 4.78 is 42.5. The number of carbonyl (C=O) groups is 1. The zero-order chi connectivity index (χ0) is 12.5. The average molecular weight is 265 g/mol. The Labute approximate surface area is 99.8 Å². The van der Waals surface area contributed by atoms with E-state index in [-0.39, 0.29) is 6.61 Å². The molecule has 2 heterocycles. The Morgan fingerprint density at radius 3 is 2.88 bits per heavy atom. The van der Waals surface area contributed by atoms with E-state index in [4.69, 9.17) is 4.74 Å². The highest BCUT2D eigenvalue weighted by Crippen LogP contribution is 2.36. The van der Waals surface area contributed by atoms with Gasteiger partial charge in [0.25, 0.3) is 0 Å². The molecule has 0 aliphatic carbocycles. The number of hydrogen-bond acceptors (Lipinski definition) is 3. The van der Waals surface area contributed by atoms with Crippen LogP contribution in [0.5, 0.6) is 0 Å². The van der Waals surface area contributed by atoms with Crippen LogP contribution in [0.1, 0.15) is 16.5 Å². The van der Waals surface area contributed by atoms with E-state index in [2.05, 4.69) is 0 Å². The van der Waals surface area contributed by atoms with Gasteiger partial charge in [-0.05, 0) is 6.07 Å². The maximum absolute atomic E-state index is 12.4. The Hall–Kier alpha value is -1.08. The summed E-state index contributed by atoms with van der Waals surface area (Å²) >= 11 is 1.00. The van der Waals surface area contributed by atoms with E-state index in [9.17, 15) is 18.0 Å². The molecule has 0 bridgehead atoms. The molecule has 0 unspecified atom stereocenters. The number of halogens is 3. The van der Waals surface area contributed by atoms with E-state index in [1.54, 1.807) is 0 Å². The van der Waals surface area contributed by atoms with Crippen molar-refractivity contribution < 1.29 is 22.7 Å². The van der Waals surface area contributed by atoms with Gasteiger partial charge in [-0.3, -0.25) is 4.79 Å². The van der Waals surface area contributed by atoms with Gasteiger partial charge in [0.2, 0.25) is 6.41 Å². The molecule has 2 rings (SSSR count). The molecule has 1 aromatic heterocycles. The Morgan fingerprint density at radius 1 is 1.53 bits per heavy atom. The van der Waals surface area contributed by atoms with Gasteiger partial charge < -0.3 is 9.64 Å². The number of carbonyl (C=O) groups excluding carboxylic acids is 1. The highest BCUT2D eigenvalue weighted by atomic mass is 32.1. The van der Waals surface area contributed by atoms with E-state index in [0.717, 1.165) is 22.8 Å². The van der Waals surface area contributed by atoms with Crippen LogP contribution >= 0.6 is 11.3 Å². The lowest BCUT2D eigenvalue weighted by Crippen LogP contribution is -2.38. The van der Waals surface area contributed by atoms with Crippen LogP contribution in [0, 0.1) is 0 Å². The fraction of sp³-hybridized carbons (Fsp3) is 0.500. The monoisotopic (exact) mass is 265 g/mol. The predicted octanol–water partition coefficient (Wildman–Crippen LogP) is 2.30. The second-order valence-electron chi connectivity index (χ2n) is 3.67. The molecule has 1 amide bonds. The number of nitrogens with zero attached hydrogens (tertiary/aromatic N) is 1. The number of hydrogen-bond donors (Lipinski definition) is 0. The molecular formula is C10H10F3NO2S. The number of alkyl halides is 3. The maximum Gasteiger partial charge on any atom is 0.417 e. The van der Waals surface area contributed by atoms with E-state index < -0.39 is 17.8 Å². The lowest BCUT2D eigenvalue weighted by Gasteiger charge is -2.31. The largest absolute Gasteiger partial charge is 0.417 e. The molecule has 94 valence electrons. The zero-order valence-electron chi connectivity index (χ0n) is 8.74. The Kier molecular flexibility index (Phi) is 3.39. The second kappa shape index (κ2) is 4.66. The molecule has 1 fully saturated rings. The maximum atomic E-state index is 12.4. The summed E-state index contributed by atoms with van der Waals surface area (Å²) in [4.78, 5) is 12.8. The summed E-state index contributed by atoms with van der Waals surface area (Å²) in [5, 5.41) is 1.06. The molecule has 1 aromatic rings. The number of ether oxygens (including phenoxy) is 1. The minimum atomic E-state index is -4.34. The molecule has 1 atom stereocenters. The highest BCUT2D eigenvalue weighted by Gasteiger charge is 2.33. The summed E-state index contributed by atoms with van der Waals surface area (Å²) in [6.07, 6.45) is -3.68. The quantitative estimate of drug-likeness (QED) is 0.768. The SMILES string of the molecule is O=CN1CCOC[C@@H]1c1cc(C(F)(F)F)cs1. The van der Waals surface area contributed by atoms with Crippen molar-refractivity contribution in [2.24, 2.45) is 0 Å². The molecule has 0 saturated carbocycles. The summed E-state index contributed by atoms with van der Waals surface area (Å²) in [5.41, 5.74) is -0.672. The first kappa shape index (κ1) is 12.4. The molecule has 1 aliphatic rings. The average Bonchev–Trinajstić information content (AvgIpc) is 2.77. The van der Waals surface area contributed by atoms with Gasteiger partial charge in [-0.15, -0.1) is 11.3 Å². The third kappa shape index (κ3) is 2.61. The minimum Gasteiger partial charge on any atom is -0.377 e. The molecule has 7 heteroatoms. The molecule has 3 nitrogen and oxygen atoms in total. The molecular weight excluding hydrogens is 255 g/mol. The second-order valence-corrected chi connectivity index (χ2v) is 4.61. The fourth-order valence-electron chi connectivity index (χ4n) is 1.66. The summed E-state index contributed by atoms with van der Waals surface area (Å²) in [7, 11) is 0. The van der Waals surface area contributed by atoms with Crippen molar-refractivity contribution in [3.63, 3.8) is 0 Å². The summed E-state index contributed by atoms with van der Waals surface area (Å²) in [5.74, 6) is 0. The topological polar surface area (TPSA) is 29.5 Å². The van der Waals surface area contributed by atoms with E-state index in [0.29, 0.717) is 24.4 Å². The van der Waals surface area contributed by atoms with Crippen LogP contribution < -0.4 is 0 Å². The van der Waals surface area contributed by atoms with E-state index in [1.165, 1.54) is 4.90 Å². The number of thiophene rings is 1. The van der Waals surface area contributed by atoms with Crippen LogP contribution in [0.4, 0.5) is 13.2 Å². The lowest BCUT2D eigenvalue weighted by atomic mass is 10.2. The van der Waals surface area contributed by atoms with Crippen molar-refractivity contribution in [3.05, 3.63) is 21.9 Å². The molecule has 1 aliphatic heterocycles. The van der Waals surface area contributed by atoms with Crippen molar-refractivity contribution in [3.8, 4) is 0 Å². The van der Waals surface area contributed by atoms with Gasteiger partial charge in [0.05, 0.1) is 24.8 Å². The molecule has 1 saturated heterocycles. The van der Waals surface area contributed by atoms with E-state index >= 15 is 0 Å². The van der Waals surface area contributed by atoms with E-state index in [1.807, 2.05) is 0 Å². The molecule has 0 radical (unpaired) electrons. The first-order valence-corrected chi connectivity index (χ1v) is 5.85. The van der Waals surface area contributed by atoms with Crippen molar-refractivity contribution in [1.29, 1.82) is 0 Å². The number of morpholine rings is 1. The fourth-order valence-corrected chi connectivity index (χ4v) is 2.68. The predicted molar refractivity (Wildman–Crippen MR) is 55.7 cm³/mol. The third-order valence-corrected chi connectivity index (χ3v) is 3.61. The van der Waals surface area contributed by atoms with Crippen LogP contribution in [-0.2, 0) is 15.7 Å². The van der Waals surface area contributed by atoms with Crippen LogP contribution in [0.2, 0.25) is 0 Å². The summed E-state index contributed by atoms with van der Waals surface area (Å²) in [6.45, 7) is 1.08. The third-order valence-electron chi connectivity index (χ3n) is 2.58. The van der Waals surface area contributed by atoms with Crippen LogP contribution in [0.3, 0.4) is 0 Å². The van der Waals surface area contributed by atoms with Crippen molar-refractivity contribution in [1.82, 2.24) is 4.90 Å². The number of rotatable bonds is 2. The number of amides is 1. The van der Waals surface area contributed by atoms with Gasteiger partial charge in [-0.25, -0.2) is 0 Å². The molecule has 0 spiro atoms. The summed E-state index contributed by atoms with van der Waals surface area (Å²) in [6, 6.07) is 0.683. The highest BCUT2D eigenvalue weighted by molar-refractivity contribution is 7.10. The van der Waals surface area contributed by atoms with Gasteiger partial charge >= 0.3 is 6.18 Å². The smallest absolute Gasteiger partial charge is 0.377 e. The zero-order valence-corrected chi connectivity index (χ0v) is 9.55. The first-order valence-electron chi connectivity index (χ1n) is 4.97. The van der Waals surface area contributed by atoms with Gasteiger partial charge in [-0.1, -0.05) is 0 Å². The van der Waals surface area contributed by atoms with Crippen molar-refractivity contribution in [2.75, 3.05) is 19.8 Å². The van der Waals surface area contributed by atoms with Crippen LogP contribution in [-0.4, -0.2) is 31.1 Å². The van der Waals surface area contributed by atoms with Crippen molar-refractivity contribution in [2.45, 2.75) is 12.2 Å². The minimum absolute atomic E-state index is 0.247. The lowest BCUT2D eigenvalue weighted by molar-refractivity contribution is -0.137. The molecule has 0 aromatic carbocycles. The molecule has 17 heavy (non-hydrogen) atoms. The van der Waals surface area contributed by atoms with Crippen molar-refractivity contribution >= 4 is 17.7 Å². The Morgan fingerprint density at radius 2 is 2.29 bits per heavy atom. The first-order chi connectivity index (χ1) is 8.02. The Bertz CT molecular complexity index is 405. The van der Waals surface area contributed by atoms with Crippen LogP contribution in [0.15, 0.2) is 11.4 Å². The van der Waals surface area contributed by atoms with Gasteiger partial charge in [0.15, 0.2) is 0 Å².